The number of halogens is 1. The Balaban J connectivity index is 1.74. The second-order valence-electron chi connectivity index (χ2n) is 8.48. The normalized spacial score (nSPS) is 25.5. The zero-order chi connectivity index (χ0) is 19.1. The van der Waals surface area contributed by atoms with Gasteiger partial charge in [0.1, 0.15) is 0 Å². The highest BCUT2D eigenvalue weighted by molar-refractivity contribution is 7.89. The molecule has 26 heavy (non-hydrogen) atoms. The van der Waals surface area contributed by atoms with Crippen LogP contribution in [0.25, 0.3) is 0 Å². The molecule has 2 saturated heterocycles. The summed E-state index contributed by atoms with van der Waals surface area (Å²) in [6.45, 7) is 12.8. The van der Waals surface area contributed by atoms with Crippen molar-refractivity contribution in [3.8, 4) is 0 Å². The molecule has 2 aliphatic heterocycles. The van der Waals surface area contributed by atoms with Crippen molar-refractivity contribution in [3.63, 3.8) is 0 Å². The third-order valence-electron chi connectivity index (χ3n) is 5.87. The molecule has 1 aromatic carbocycles. The molecule has 2 fully saturated rings. The molecule has 0 amide bonds. The van der Waals surface area contributed by atoms with Crippen molar-refractivity contribution in [2.45, 2.75) is 45.4 Å². The molecule has 2 aliphatic rings. The van der Waals surface area contributed by atoms with Crippen LogP contribution in [0, 0.1) is 31.6 Å². The van der Waals surface area contributed by atoms with Crippen molar-refractivity contribution in [3.05, 3.63) is 28.3 Å². The van der Waals surface area contributed by atoms with E-state index < -0.39 is 10.0 Å². The van der Waals surface area contributed by atoms with E-state index in [1.54, 1.807) is 16.4 Å². The number of aryl methyl sites for hydroxylation is 2. The largest absolute Gasteiger partial charge is 0.303 e. The number of fused-ring (bicyclic) bond motifs is 1. The Morgan fingerprint density at radius 1 is 1.08 bits per heavy atom. The second-order valence-corrected chi connectivity index (χ2v) is 10.8. The summed E-state index contributed by atoms with van der Waals surface area (Å²) < 4.78 is 28.2. The van der Waals surface area contributed by atoms with Crippen molar-refractivity contribution >= 4 is 21.6 Å². The molecule has 0 aliphatic carbocycles. The Labute approximate surface area is 163 Å². The number of hydrogen-bond acceptors (Lipinski definition) is 3. The molecule has 0 N–H and O–H groups in total. The molecule has 6 heteroatoms. The smallest absolute Gasteiger partial charge is 0.243 e. The standard InChI is InChI=1S/C20H31ClN2O2S/c1-14(2)11-22-7-5-17-12-23(13-18(17)6-8-22)26(24,25)20-10-15(3)19(21)9-16(20)4/h9-10,14,17-18H,5-8,11-13H2,1-4H3/t17-,18+. The maximum Gasteiger partial charge on any atom is 0.243 e. The first-order valence-electron chi connectivity index (χ1n) is 9.67. The van der Waals surface area contributed by atoms with Crippen LogP contribution >= 0.6 is 11.6 Å². The third kappa shape index (κ3) is 4.11. The lowest BCUT2D eigenvalue weighted by Crippen LogP contribution is -2.32. The van der Waals surface area contributed by atoms with Crippen LogP contribution in [0.4, 0.5) is 0 Å². The Morgan fingerprint density at radius 2 is 1.65 bits per heavy atom. The number of likely N-dealkylation sites (tertiary alicyclic amines) is 1. The molecular weight excluding hydrogens is 368 g/mol. The van der Waals surface area contributed by atoms with Gasteiger partial charge >= 0.3 is 0 Å². The SMILES string of the molecule is Cc1cc(S(=O)(=O)N2C[C@H]3CCN(CC(C)C)CC[C@H]3C2)c(C)cc1Cl. The summed E-state index contributed by atoms with van der Waals surface area (Å²) in [5.74, 6) is 1.65. The van der Waals surface area contributed by atoms with Gasteiger partial charge in [-0.15, -0.1) is 0 Å². The van der Waals surface area contributed by atoms with Gasteiger partial charge in [-0.05, 0) is 80.8 Å². The molecule has 2 atom stereocenters. The summed E-state index contributed by atoms with van der Waals surface area (Å²) in [6, 6.07) is 3.49. The number of hydrogen-bond donors (Lipinski definition) is 0. The van der Waals surface area contributed by atoms with Gasteiger partial charge in [-0.25, -0.2) is 8.42 Å². The fourth-order valence-corrected chi connectivity index (χ4v) is 6.49. The Kier molecular flexibility index (Phi) is 6.02. The molecule has 0 radical (unpaired) electrons. The molecule has 0 unspecified atom stereocenters. The van der Waals surface area contributed by atoms with Gasteiger partial charge < -0.3 is 4.90 Å². The number of rotatable bonds is 4. The van der Waals surface area contributed by atoms with Crippen molar-refractivity contribution in [1.82, 2.24) is 9.21 Å². The van der Waals surface area contributed by atoms with Crippen molar-refractivity contribution in [1.29, 1.82) is 0 Å². The predicted molar refractivity (Wildman–Crippen MR) is 107 cm³/mol. The van der Waals surface area contributed by atoms with Crippen LogP contribution in [-0.4, -0.2) is 50.3 Å². The molecular formula is C20H31ClN2O2S. The van der Waals surface area contributed by atoms with Crippen molar-refractivity contribution in [2.24, 2.45) is 17.8 Å². The van der Waals surface area contributed by atoms with Gasteiger partial charge in [0.05, 0.1) is 4.90 Å². The van der Waals surface area contributed by atoms with Gasteiger partial charge in [0.2, 0.25) is 10.0 Å². The van der Waals surface area contributed by atoms with Gasteiger partial charge in [-0.1, -0.05) is 25.4 Å². The van der Waals surface area contributed by atoms with Gasteiger partial charge in [0.15, 0.2) is 0 Å². The molecule has 1 aromatic rings. The van der Waals surface area contributed by atoms with Crippen LogP contribution in [-0.2, 0) is 10.0 Å². The highest BCUT2D eigenvalue weighted by Gasteiger charge is 2.40. The van der Waals surface area contributed by atoms with E-state index >= 15 is 0 Å². The van der Waals surface area contributed by atoms with Crippen LogP contribution in [0.1, 0.15) is 37.8 Å². The van der Waals surface area contributed by atoms with Crippen LogP contribution in [0.3, 0.4) is 0 Å². The lowest BCUT2D eigenvalue weighted by molar-refractivity contribution is 0.245. The Morgan fingerprint density at radius 3 is 2.19 bits per heavy atom. The predicted octanol–water partition coefficient (Wildman–Crippen LogP) is 3.95. The summed E-state index contributed by atoms with van der Waals surface area (Å²) in [5.41, 5.74) is 1.55. The van der Waals surface area contributed by atoms with Crippen molar-refractivity contribution in [2.75, 3.05) is 32.7 Å². The van der Waals surface area contributed by atoms with Crippen molar-refractivity contribution < 1.29 is 8.42 Å². The van der Waals surface area contributed by atoms with Gasteiger partial charge in [-0.3, -0.25) is 0 Å². The third-order valence-corrected chi connectivity index (χ3v) is 8.25. The van der Waals surface area contributed by atoms with E-state index in [-0.39, 0.29) is 0 Å². The molecule has 0 aromatic heterocycles. The minimum atomic E-state index is -3.45. The van der Waals surface area contributed by atoms with E-state index in [4.69, 9.17) is 11.6 Å². The molecule has 146 valence electrons. The molecule has 0 bridgehead atoms. The fourth-order valence-electron chi connectivity index (χ4n) is 4.43. The Bertz CT molecular complexity index is 747. The molecule has 2 heterocycles. The first-order chi connectivity index (χ1) is 12.2. The summed E-state index contributed by atoms with van der Waals surface area (Å²) in [4.78, 5) is 2.96. The fraction of sp³-hybridized carbons (Fsp3) is 0.700. The minimum absolute atomic E-state index is 0.414. The zero-order valence-electron chi connectivity index (χ0n) is 16.3. The zero-order valence-corrected chi connectivity index (χ0v) is 17.9. The quantitative estimate of drug-likeness (QED) is 0.771. The monoisotopic (exact) mass is 398 g/mol. The average Bonchev–Trinajstić information content (AvgIpc) is 2.88. The van der Waals surface area contributed by atoms with E-state index in [1.165, 1.54) is 0 Å². The highest BCUT2D eigenvalue weighted by Crippen LogP contribution is 2.36. The number of sulfonamides is 1. The Hall–Kier alpha value is -0.620. The van der Waals surface area contributed by atoms with E-state index in [0.717, 1.165) is 43.6 Å². The van der Waals surface area contributed by atoms with Crippen LogP contribution in [0.5, 0.6) is 0 Å². The first kappa shape index (κ1) is 20.1. The van der Waals surface area contributed by atoms with Gasteiger partial charge in [-0.2, -0.15) is 4.31 Å². The number of nitrogens with zero attached hydrogens (tertiary/aromatic N) is 2. The van der Waals surface area contributed by atoms with Gasteiger partial charge in [0, 0.05) is 24.7 Å². The summed E-state index contributed by atoms with van der Waals surface area (Å²) in [6.07, 6.45) is 2.20. The summed E-state index contributed by atoms with van der Waals surface area (Å²) in [5, 5.41) is 0.623. The lowest BCUT2D eigenvalue weighted by Gasteiger charge is -2.23. The van der Waals surface area contributed by atoms with Crippen LogP contribution in [0.15, 0.2) is 17.0 Å². The topological polar surface area (TPSA) is 40.6 Å². The van der Waals surface area contributed by atoms with Gasteiger partial charge in [0.25, 0.3) is 0 Å². The first-order valence-corrected chi connectivity index (χ1v) is 11.5. The number of benzene rings is 1. The average molecular weight is 399 g/mol. The van der Waals surface area contributed by atoms with E-state index in [1.807, 2.05) is 13.8 Å². The minimum Gasteiger partial charge on any atom is -0.303 e. The highest BCUT2D eigenvalue weighted by atomic mass is 35.5. The van der Waals surface area contributed by atoms with E-state index in [2.05, 4.69) is 18.7 Å². The maximum atomic E-state index is 13.2. The molecule has 0 saturated carbocycles. The van der Waals surface area contributed by atoms with Crippen LogP contribution < -0.4 is 0 Å². The van der Waals surface area contributed by atoms with Crippen LogP contribution in [0.2, 0.25) is 5.02 Å². The molecule has 3 rings (SSSR count). The molecule has 4 nitrogen and oxygen atoms in total. The lowest BCUT2D eigenvalue weighted by atomic mass is 9.92. The summed E-state index contributed by atoms with van der Waals surface area (Å²) in [7, 11) is -3.45. The molecule has 0 spiro atoms. The summed E-state index contributed by atoms with van der Waals surface area (Å²) >= 11 is 6.15. The maximum absolute atomic E-state index is 13.2. The van der Waals surface area contributed by atoms with E-state index in [0.29, 0.717) is 40.8 Å². The van der Waals surface area contributed by atoms with E-state index in [9.17, 15) is 8.42 Å². The second kappa shape index (κ2) is 7.78.